The van der Waals surface area contributed by atoms with Crippen LogP contribution in [-0.4, -0.2) is 78.0 Å². The van der Waals surface area contributed by atoms with Crippen molar-refractivity contribution in [3.8, 4) is 0 Å². The van der Waals surface area contributed by atoms with Gasteiger partial charge >= 0.3 is 6.09 Å². The van der Waals surface area contributed by atoms with Crippen LogP contribution in [0.5, 0.6) is 0 Å². The molecular weight excluding hydrogens is 586 g/mol. The fourth-order valence-corrected chi connectivity index (χ4v) is 7.45. The molecule has 0 unspecified atom stereocenters. The molecular formula is C25H37BrF2N2O5SSi. The number of fused-ring (bicyclic) bond motifs is 1. The van der Waals surface area contributed by atoms with Crippen LogP contribution in [0.2, 0.25) is 25.7 Å². The lowest BCUT2D eigenvalue weighted by Crippen LogP contribution is -2.47. The quantitative estimate of drug-likeness (QED) is 0.218. The van der Waals surface area contributed by atoms with Gasteiger partial charge in [-0.2, -0.15) is 0 Å². The zero-order valence-electron chi connectivity index (χ0n) is 22.2. The highest BCUT2D eigenvalue weighted by Crippen LogP contribution is 2.70. The fourth-order valence-electron chi connectivity index (χ4n) is 4.70. The SMILES string of the molecule is CC(C)(C)OC(=O)N(COCC[Si](C)(C)C)C1=N[C@](CF)(c2cc(Br)ccc2F)[C@@H]2[C@@H](CO)[C@]2(CO)S1. The number of hydrogen-bond acceptors (Lipinski definition) is 7. The van der Waals surface area contributed by atoms with Crippen LogP contribution in [0.4, 0.5) is 13.6 Å². The van der Waals surface area contributed by atoms with Gasteiger partial charge in [0.25, 0.3) is 0 Å². The Morgan fingerprint density at radius 3 is 2.51 bits per heavy atom. The average molecular weight is 624 g/mol. The predicted molar refractivity (Wildman–Crippen MR) is 148 cm³/mol. The molecule has 1 fully saturated rings. The Morgan fingerprint density at radius 2 is 1.97 bits per heavy atom. The zero-order valence-corrected chi connectivity index (χ0v) is 25.6. The van der Waals surface area contributed by atoms with Crippen molar-refractivity contribution in [1.29, 1.82) is 0 Å². The number of thioether (sulfide) groups is 1. The summed E-state index contributed by atoms with van der Waals surface area (Å²) in [5.74, 6) is -1.92. The molecule has 1 aliphatic carbocycles. The van der Waals surface area contributed by atoms with E-state index in [1.807, 2.05) is 0 Å². The maximum atomic E-state index is 15.2. The topological polar surface area (TPSA) is 91.6 Å². The minimum Gasteiger partial charge on any atom is -0.443 e. The Morgan fingerprint density at radius 1 is 1.30 bits per heavy atom. The third-order valence-corrected chi connectivity index (χ3v) is 10.4. The van der Waals surface area contributed by atoms with E-state index in [-0.39, 0.29) is 24.1 Å². The zero-order chi connectivity index (χ0) is 27.8. The highest BCUT2D eigenvalue weighted by atomic mass is 79.9. The molecule has 2 aliphatic rings. The maximum absolute atomic E-state index is 15.2. The second-order valence-corrected chi connectivity index (χ2v) is 19.7. The second-order valence-electron chi connectivity index (χ2n) is 11.8. The van der Waals surface area contributed by atoms with Crippen molar-refractivity contribution in [2.24, 2.45) is 16.8 Å². The predicted octanol–water partition coefficient (Wildman–Crippen LogP) is 5.37. The molecule has 0 aromatic heterocycles. The Hall–Kier alpha value is -1.05. The first kappa shape index (κ1) is 30.5. The van der Waals surface area contributed by atoms with E-state index in [2.05, 4.69) is 40.6 Å². The first-order valence-electron chi connectivity index (χ1n) is 12.2. The number of carbonyl (C=O) groups is 1. The van der Waals surface area contributed by atoms with Crippen LogP contribution in [-0.2, 0) is 15.0 Å². The molecule has 0 spiro atoms. The van der Waals surface area contributed by atoms with Gasteiger partial charge < -0.3 is 19.7 Å². The molecule has 1 saturated carbocycles. The molecule has 2 N–H and O–H groups in total. The number of nitrogens with zero attached hydrogens (tertiary/aromatic N) is 2. The van der Waals surface area contributed by atoms with E-state index in [0.717, 1.165) is 17.8 Å². The molecule has 1 heterocycles. The number of amidine groups is 1. The largest absolute Gasteiger partial charge is 0.443 e. The molecule has 3 rings (SSSR count). The molecule has 208 valence electrons. The van der Waals surface area contributed by atoms with E-state index < -0.39 is 61.0 Å². The van der Waals surface area contributed by atoms with Crippen LogP contribution in [0.1, 0.15) is 26.3 Å². The molecule has 4 atom stereocenters. The van der Waals surface area contributed by atoms with Crippen LogP contribution in [0.25, 0.3) is 0 Å². The molecule has 0 saturated heterocycles. The molecule has 0 bridgehead atoms. The van der Waals surface area contributed by atoms with Crippen LogP contribution in [0.15, 0.2) is 27.7 Å². The molecule has 0 radical (unpaired) electrons. The Balaban J connectivity index is 2.10. The number of ether oxygens (including phenoxy) is 2. The summed E-state index contributed by atoms with van der Waals surface area (Å²) in [6, 6.07) is 5.04. The minimum absolute atomic E-state index is 0.00950. The number of halogens is 3. The van der Waals surface area contributed by atoms with Crippen molar-refractivity contribution in [2.75, 3.05) is 33.2 Å². The summed E-state index contributed by atoms with van der Waals surface area (Å²) in [6.45, 7) is 10.1. The normalized spacial score (nSPS) is 27.4. The molecule has 1 aromatic carbocycles. The first-order chi connectivity index (χ1) is 17.1. The van der Waals surface area contributed by atoms with Gasteiger partial charge in [-0.25, -0.2) is 23.5 Å². The van der Waals surface area contributed by atoms with Crippen LogP contribution in [0.3, 0.4) is 0 Å². The summed E-state index contributed by atoms with van der Waals surface area (Å²) >= 11 is 4.41. The number of amides is 1. The van der Waals surface area contributed by atoms with E-state index >= 15 is 8.78 Å². The van der Waals surface area contributed by atoms with Gasteiger partial charge in [0, 0.05) is 43.2 Å². The van der Waals surface area contributed by atoms with Gasteiger partial charge in [-0.15, -0.1) is 0 Å². The monoisotopic (exact) mass is 622 g/mol. The highest BCUT2D eigenvalue weighted by Gasteiger charge is 2.75. The summed E-state index contributed by atoms with van der Waals surface area (Å²) in [6.07, 6.45) is -0.748. The van der Waals surface area contributed by atoms with Gasteiger partial charge in [0.15, 0.2) is 5.17 Å². The smallest absolute Gasteiger partial charge is 0.418 e. The molecule has 1 aromatic rings. The second kappa shape index (κ2) is 11.2. The molecule has 1 amide bonds. The fraction of sp³-hybridized carbons (Fsp3) is 0.680. The van der Waals surface area contributed by atoms with E-state index in [1.165, 1.54) is 23.1 Å². The van der Waals surface area contributed by atoms with Crippen molar-refractivity contribution in [1.82, 2.24) is 4.90 Å². The molecule has 7 nitrogen and oxygen atoms in total. The highest BCUT2D eigenvalue weighted by molar-refractivity contribution is 9.10. The number of aliphatic hydroxyl groups excluding tert-OH is 2. The van der Waals surface area contributed by atoms with Crippen LogP contribution in [0, 0.1) is 17.7 Å². The Kier molecular flexibility index (Phi) is 9.23. The summed E-state index contributed by atoms with van der Waals surface area (Å²) in [5.41, 5.74) is -2.60. The Bertz CT molecular complexity index is 1040. The number of hydrogen-bond donors (Lipinski definition) is 2. The van der Waals surface area contributed by atoms with Gasteiger partial charge in [0.05, 0.1) is 11.4 Å². The molecule has 12 heteroatoms. The average Bonchev–Trinajstić information content (AvgIpc) is 3.46. The van der Waals surface area contributed by atoms with Crippen LogP contribution < -0.4 is 0 Å². The third-order valence-electron chi connectivity index (χ3n) is 6.64. The van der Waals surface area contributed by atoms with Crippen molar-refractivity contribution in [3.63, 3.8) is 0 Å². The lowest BCUT2D eigenvalue weighted by atomic mass is 9.84. The number of rotatable bonds is 9. The van der Waals surface area contributed by atoms with Crippen molar-refractivity contribution < 1.29 is 33.3 Å². The van der Waals surface area contributed by atoms with Crippen molar-refractivity contribution in [2.45, 2.75) is 62.3 Å². The maximum Gasteiger partial charge on any atom is 0.418 e. The van der Waals surface area contributed by atoms with Gasteiger partial charge in [-0.1, -0.05) is 47.3 Å². The standard InChI is InChI=1S/C25H37BrF2N2O5SSi/c1-23(2,3)35-22(33)30(15-34-9-10-37(4,5)6)21-29-24(13-27,17-11-16(26)7-8-19(17)28)20-18(12-31)25(20,14-32)36-21/h7-8,11,18,20,31-32H,9-10,12-15H2,1-6H3/t18-,20+,24-,25+/m1/s1. The summed E-state index contributed by atoms with van der Waals surface area (Å²) in [5, 5.41) is 20.6. The van der Waals surface area contributed by atoms with E-state index in [1.54, 1.807) is 20.8 Å². The summed E-state index contributed by atoms with van der Waals surface area (Å²) in [7, 11) is -1.41. The number of aliphatic hydroxyl groups is 2. The minimum atomic E-state index is -1.76. The number of carbonyl (C=O) groups excluding carboxylic acids is 1. The lowest BCUT2D eigenvalue weighted by molar-refractivity contribution is 0.0108. The first-order valence-corrected chi connectivity index (χ1v) is 17.6. The van der Waals surface area contributed by atoms with Crippen LogP contribution >= 0.6 is 27.7 Å². The Labute approximate surface area is 231 Å². The lowest BCUT2D eigenvalue weighted by Gasteiger charge is -2.38. The van der Waals surface area contributed by atoms with Gasteiger partial charge in [0.1, 0.15) is 30.4 Å². The third kappa shape index (κ3) is 6.41. The number of benzene rings is 1. The van der Waals surface area contributed by atoms with Gasteiger partial charge in [-0.05, 0) is 45.0 Å². The molecule has 37 heavy (non-hydrogen) atoms. The van der Waals surface area contributed by atoms with Gasteiger partial charge in [-0.3, -0.25) is 0 Å². The van der Waals surface area contributed by atoms with Crippen molar-refractivity contribution >= 4 is 47.0 Å². The number of alkyl halides is 1. The van der Waals surface area contributed by atoms with E-state index in [0.29, 0.717) is 11.1 Å². The summed E-state index contributed by atoms with van der Waals surface area (Å²) < 4.78 is 41.3. The molecule has 1 aliphatic heterocycles. The summed E-state index contributed by atoms with van der Waals surface area (Å²) in [4.78, 5) is 19.2. The van der Waals surface area contributed by atoms with E-state index in [4.69, 9.17) is 9.47 Å². The number of aliphatic imine (C=N–C) groups is 1. The van der Waals surface area contributed by atoms with E-state index in [9.17, 15) is 15.0 Å². The van der Waals surface area contributed by atoms with Crippen molar-refractivity contribution in [3.05, 3.63) is 34.1 Å². The van der Waals surface area contributed by atoms with Gasteiger partial charge in [0.2, 0.25) is 0 Å².